The summed E-state index contributed by atoms with van der Waals surface area (Å²) >= 11 is 0. The summed E-state index contributed by atoms with van der Waals surface area (Å²) in [6.07, 6.45) is 1.59. The largest absolute Gasteiger partial charge is 0.483 e. The second kappa shape index (κ2) is 6.89. The fourth-order valence-electron chi connectivity index (χ4n) is 2.37. The number of benzene rings is 1. The van der Waals surface area contributed by atoms with Gasteiger partial charge < -0.3 is 14.8 Å². The molecule has 0 bridgehead atoms. The standard InChI is InChI=1S/C17H24N2O4/c1-5-11(2)18-16(21)19-14(20)10-22-13-8-6-7-12-9-17(3,4)23-15(12)13/h6-8,11H,5,9-10H2,1-4H3,(H2,18,19,20,21)/t11-/m1/s1. The van der Waals surface area contributed by atoms with Gasteiger partial charge in [-0.15, -0.1) is 0 Å². The zero-order valence-electron chi connectivity index (χ0n) is 14.1. The number of carbonyl (C=O) groups is 2. The van der Waals surface area contributed by atoms with Crippen LogP contribution >= 0.6 is 0 Å². The van der Waals surface area contributed by atoms with Crippen LogP contribution in [-0.4, -0.2) is 30.2 Å². The molecule has 0 aliphatic carbocycles. The van der Waals surface area contributed by atoms with Crippen molar-refractivity contribution in [1.29, 1.82) is 0 Å². The molecule has 1 aromatic rings. The highest BCUT2D eigenvalue weighted by Crippen LogP contribution is 2.41. The van der Waals surface area contributed by atoms with Gasteiger partial charge in [0.2, 0.25) is 0 Å². The van der Waals surface area contributed by atoms with E-state index in [4.69, 9.17) is 9.47 Å². The molecule has 0 saturated carbocycles. The lowest BCUT2D eigenvalue weighted by Crippen LogP contribution is -2.44. The smallest absolute Gasteiger partial charge is 0.321 e. The third-order valence-electron chi connectivity index (χ3n) is 3.66. The summed E-state index contributed by atoms with van der Waals surface area (Å²) < 4.78 is 11.4. The maximum atomic E-state index is 11.8. The average molecular weight is 320 g/mol. The number of nitrogens with one attached hydrogen (secondary N) is 2. The van der Waals surface area contributed by atoms with Gasteiger partial charge in [0.25, 0.3) is 5.91 Å². The molecule has 0 saturated heterocycles. The molecule has 1 aromatic carbocycles. The van der Waals surface area contributed by atoms with E-state index in [0.717, 1.165) is 18.4 Å². The Kier molecular flexibility index (Phi) is 5.13. The average Bonchev–Trinajstić information content (AvgIpc) is 2.79. The van der Waals surface area contributed by atoms with Gasteiger partial charge >= 0.3 is 6.03 Å². The molecule has 3 amide bonds. The Hall–Kier alpha value is -2.24. The van der Waals surface area contributed by atoms with E-state index in [1.807, 2.05) is 39.8 Å². The van der Waals surface area contributed by atoms with Crippen molar-refractivity contribution >= 4 is 11.9 Å². The van der Waals surface area contributed by atoms with Crippen LogP contribution in [0.25, 0.3) is 0 Å². The third kappa shape index (κ3) is 4.61. The molecule has 0 radical (unpaired) electrons. The Morgan fingerprint density at radius 2 is 2.13 bits per heavy atom. The lowest BCUT2D eigenvalue weighted by molar-refractivity contribution is -0.122. The summed E-state index contributed by atoms with van der Waals surface area (Å²) in [5.41, 5.74) is 0.780. The van der Waals surface area contributed by atoms with Gasteiger partial charge in [0, 0.05) is 18.0 Å². The minimum atomic E-state index is -0.511. The van der Waals surface area contributed by atoms with Crippen molar-refractivity contribution in [2.45, 2.75) is 52.2 Å². The number of fused-ring (bicyclic) bond motifs is 1. The van der Waals surface area contributed by atoms with Crippen LogP contribution in [0.3, 0.4) is 0 Å². The summed E-state index contributed by atoms with van der Waals surface area (Å²) in [7, 11) is 0. The van der Waals surface area contributed by atoms with Crippen LogP contribution in [0.2, 0.25) is 0 Å². The van der Waals surface area contributed by atoms with E-state index < -0.39 is 11.9 Å². The van der Waals surface area contributed by atoms with E-state index in [-0.39, 0.29) is 18.2 Å². The first-order chi connectivity index (χ1) is 10.8. The first-order valence-electron chi connectivity index (χ1n) is 7.85. The molecule has 6 nitrogen and oxygen atoms in total. The maximum absolute atomic E-state index is 11.8. The SMILES string of the molecule is CC[C@@H](C)NC(=O)NC(=O)COc1cccc2c1OC(C)(C)C2. The molecule has 2 rings (SSSR count). The molecule has 126 valence electrons. The highest BCUT2D eigenvalue weighted by atomic mass is 16.5. The van der Waals surface area contributed by atoms with Gasteiger partial charge in [-0.05, 0) is 33.3 Å². The highest BCUT2D eigenvalue weighted by Gasteiger charge is 2.32. The monoisotopic (exact) mass is 320 g/mol. The molecule has 0 aromatic heterocycles. The molecule has 1 aliphatic heterocycles. The first kappa shape index (κ1) is 17.1. The first-order valence-corrected chi connectivity index (χ1v) is 7.85. The Morgan fingerprint density at radius 3 is 2.83 bits per heavy atom. The van der Waals surface area contributed by atoms with Gasteiger partial charge in [0.1, 0.15) is 5.60 Å². The summed E-state index contributed by atoms with van der Waals surface area (Å²) in [4.78, 5) is 23.4. The van der Waals surface area contributed by atoms with Gasteiger partial charge in [0.05, 0.1) is 0 Å². The molecular weight excluding hydrogens is 296 g/mol. The molecule has 6 heteroatoms. The van der Waals surface area contributed by atoms with E-state index in [1.54, 1.807) is 6.07 Å². The Balaban J connectivity index is 1.89. The van der Waals surface area contributed by atoms with Crippen molar-refractivity contribution in [2.75, 3.05) is 6.61 Å². The van der Waals surface area contributed by atoms with Crippen molar-refractivity contribution in [3.63, 3.8) is 0 Å². The molecule has 0 spiro atoms. The number of hydrogen-bond acceptors (Lipinski definition) is 4. The number of urea groups is 1. The number of carbonyl (C=O) groups excluding carboxylic acids is 2. The normalized spacial score (nSPS) is 16.0. The number of ether oxygens (including phenoxy) is 2. The molecule has 0 fully saturated rings. The minimum absolute atomic E-state index is 0.0109. The lowest BCUT2D eigenvalue weighted by atomic mass is 10.0. The van der Waals surface area contributed by atoms with Gasteiger partial charge in [-0.2, -0.15) is 0 Å². The predicted molar refractivity (Wildman–Crippen MR) is 86.8 cm³/mol. The fourth-order valence-corrected chi connectivity index (χ4v) is 2.37. The molecule has 1 atom stereocenters. The number of rotatable bonds is 5. The quantitative estimate of drug-likeness (QED) is 0.873. The van der Waals surface area contributed by atoms with Crippen molar-refractivity contribution in [3.8, 4) is 11.5 Å². The molecule has 23 heavy (non-hydrogen) atoms. The van der Waals surface area contributed by atoms with E-state index in [1.165, 1.54) is 0 Å². The summed E-state index contributed by atoms with van der Waals surface area (Å²) in [5.74, 6) is 0.695. The predicted octanol–water partition coefficient (Wildman–Crippen LogP) is 2.40. The van der Waals surface area contributed by atoms with Crippen LogP contribution in [0, 0.1) is 0 Å². The van der Waals surface area contributed by atoms with Crippen LogP contribution in [0.4, 0.5) is 4.79 Å². The van der Waals surface area contributed by atoms with E-state index in [0.29, 0.717) is 11.5 Å². The highest BCUT2D eigenvalue weighted by molar-refractivity contribution is 5.95. The fraction of sp³-hybridized carbons (Fsp3) is 0.529. The van der Waals surface area contributed by atoms with Crippen LogP contribution in [0.1, 0.15) is 39.7 Å². The van der Waals surface area contributed by atoms with Crippen LogP contribution in [0.15, 0.2) is 18.2 Å². The summed E-state index contributed by atoms with van der Waals surface area (Å²) in [5, 5.41) is 4.90. The molecule has 1 aliphatic rings. The minimum Gasteiger partial charge on any atom is -0.483 e. The number of hydrogen-bond donors (Lipinski definition) is 2. The maximum Gasteiger partial charge on any atom is 0.321 e. The number of para-hydroxylation sites is 1. The van der Waals surface area contributed by atoms with Gasteiger partial charge in [0.15, 0.2) is 18.1 Å². The van der Waals surface area contributed by atoms with E-state index in [2.05, 4.69) is 10.6 Å². The van der Waals surface area contributed by atoms with E-state index >= 15 is 0 Å². The van der Waals surface area contributed by atoms with Gasteiger partial charge in [-0.3, -0.25) is 10.1 Å². The Morgan fingerprint density at radius 1 is 1.39 bits per heavy atom. The molecular formula is C17H24N2O4. The Bertz CT molecular complexity index is 598. The second-order valence-electron chi connectivity index (χ2n) is 6.40. The number of imide groups is 1. The number of amides is 3. The summed E-state index contributed by atoms with van der Waals surface area (Å²) in [6, 6.07) is 5.11. The topological polar surface area (TPSA) is 76.7 Å². The Labute approximate surface area is 136 Å². The molecule has 0 unspecified atom stereocenters. The van der Waals surface area contributed by atoms with E-state index in [9.17, 15) is 9.59 Å². The van der Waals surface area contributed by atoms with Crippen molar-refractivity contribution in [1.82, 2.24) is 10.6 Å². The molecule has 2 N–H and O–H groups in total. The van der Waals surface area contributed by atoms with Crippen molar-refractivity contribution in [3.05, 3.63) is 23.8 Å². The van der Waals surface area contributed by atoms with Gasteiger partial charge in [-0.1, -0.05) is 19.1 Å². The van der Waals surface area contributed by atoms with Crippen LogP contribution in [0.5, 0.6) is 11.5 Å². The van der Waals surface area contributed by atoms with Crippen LogP contribution < -0.4 is 20.1 Å². The summed E-state index contributed by atoms with van der Waals surface area (Å²) in [6.45, 7) is 7.58. The van der Waals surface area contributed by atoms with Crippen molar-refractivity contribution in [2.24, 2.45) is 0 Å². The zero-order valence-corrected chi connectivity index (χ0v) is 14.1. The zero-order chi connectivity index (χ0) is 17.0. The lowest BCUT2D eigenvalue weighted by Gasteiger charge is -2.18. The second-order valence-corrected chi connectivity index (χ2v) is 6.40. The van der Waals surface area contributed by atoms with Crippen molar-refractivity contribution < 1.29 is 19.1 Å². The molecule has 1 heterocycles. The third-order valence-corrected chi connectivity index (χ3v) is 3.66. The van der Waals surface area contributed by atoms with Gasteiger partial charge in [-0.25, -0.2) is 4.79 Å². The van der Waals surface area contributed by atoms with Crippen LogP contribution in [-0.2, 0) is 11.2 Å².